The minimum absolute atomic E-state index is 0.00672. The monoisotopic (exact) mass is 241 g/mol. The minimum Gasteiger partial charge on any atom is -0.464 e. The maximum atomic E-state index is 9.20. The summed E-state index contributed by atoms with van der Waals surface area (Å²) in [4.78, 5) is 11.8. The van der Waals surface area contributed by atoms with Crippen molar-refractivity contribution in [2.45, 2.75) is 26.8 Å². The number of aliphatic hydroxyl groups is 1. The van der Waals surface area contributed by atoms with Crippen molar-refractivity contribution in [3.8, 4) is 6.01 Å². The predicted octanol–water partition coefficient (Wildman–Crippen LogP) is 0.281. The summed E-state index contributed by atoms with van der Waals surface area (Å²) < 4.78 is 5.16. The number of ether oxygens (including phenoxy) is 1. The second-order valence-electron chi connectivity index (χ2n) is 3.91. The molecule has 0 fully saturated rings. The largest absolute Gasteiger partial charge is 0.464 e. The second kappa shape index (κ2) is 6.19. The van der Waals surface area contributed by atoms with E-state index in [1.54, 1.807) is 0 Å². The molecule has 0 aliphatic rings. The maximum absolute atomic E-state index is 9.20. The van der Waals surface area contributed by atoms with Crippen LogP contribution in [0, 0.1) is 5.92 Å². The molecule has 7 heteroatoms. The number of nitrogens with two attached hydrogens (primary N) is 1. The van der Waals surface area contributed by atoms with Gasteiger partial charge >= 0.3 is 6.01 Å². The van der Waals surface area contributed by atoms with Crippen molar-refractivity contribution in [1.82, 2.24) is 15.0 Å². The Morgan fingerprint density at radius 1 is 1.35 bits per heavy atom. The first-order valence-electron chi connectivity index (χ1n) is 5.58. The average molecular weight is 241 g/mol. The fourth-order valence-corrected chi connectivity index (χ4v) is 1.22. The Bertz CT molecular complexity index is 359. The SMILES string of the molecule is CCOc1nc(N)nc(N[C@H](CO)C(C)C)n1. The number of hydrogen-bond acceptors (Lipinski definition) is 7. The molecule has 0 aliphatic carbocycles. The summed E-state index contributed by atoms with van der Waals surface area (Å²) in [5, 5.41) is 12.2. The van der Waals surface area contributed by atoms with Gasteiger partial charge < -0.3 is 20.9 Å². The Kier molecular flexibility index (Phi) is 4.89. The Morgan fingerprint density at radius 2 is 2.06 bits per heavy atom. The molecule has 0 radical (unpaired) electrons. The predicted molar refractivity (Wildman–Crippen MR) is 64.7 cm³/mol. The third-order valence-corrected chi connectivity index (χ3v) is 2.22. The Morgan fingerprint density at radius 3 is 2.59 bits per heavy atom. The zero-order valence-electron chi connectivity index (χ0n) is 10.3. The summed E-state index contributed by atoms with van der Waals surface area (Å²) >= 11 is 0. The van der Waals surface area contributed by atoms with Gasteiger partial charge in [0.2, 0.25) is 11.9 Å². The van der Waals surface area contributed by atoms with Gasteiger partial charge in [0.1, 0.15) is 0 Å². The van der Waals surface area contributed by atoms with E-state index in [-0.39, 0.29) is 30.5 Å². The molecule has 7 nitrogen and oxygen atoms in total. The number of aliphatic hydroxyl groups excluding tert-OH is 1. The highest BCUT2D eigenvalue weighted by Gasteiger charge is 2.14. The number of nitrogens with zero attached hydrogens (tertiary/aromatic N) is 3. The van der Waals surface area contributed by atoms with Crippen LogP contribution < -0.4 is 15.8 Å². The molecule has 0 spiro atoms. The molecule has 96 valence electrons. The standard InChI is InChI=1S/C10H19N5O2/c1-4-17-10-14-8(11)13-9(15-10)12-7(5-16)6(2)3/h6-7,16H,4-5H2,1-3H3,(H3,11,12,13,14,15)/t7-/m1/s1. The van der Waals surface area contributed by atoms with Gasteiger partial charge in [0, 0.05) is 0 Å². The van der Waals surface area contributed by atoms with Crippen molar-refractivity contribution in [1.29, 1.82) is 0 Å². The molecular formula is C10H19N5O2. The molecule has 1 aromatic heterocycles. The van der Waals surface area contributed by atoms with Gasteiger partial charge in [0.25, 0.3) is 0 Å². The van der Waals surface area contributed by atoms with Crippen molar-refractivity contribution in [3.05, 3.63) is 0 Å². The van der Waals surface area contributed by atoms with Gasteiger partial charge in [-0.25, -0.2) is 0 Å². The van der Waals surface area contributed by atoms with Gasteiger partial charge in [-0.3, -0.25) is 0 Å². The number of anilines is 2. The third kappa shape index (κ3) is 4.03. The molecule has 0 bridgehead atoms. The van der Waals surface area contributed by atoms with E-state index in [4.69, 9.17) is 10.5 Å². The normalized spacial score (nSPS) is 12.5. The lowest BCUT2D eigenvalue weighted by atomic mass is 10.1. The van der Waals surface area contributed by atoms with E-state index < -0.39 is 0 Å². The quantitative estimate of drug-likeness (QED) is 0.656. The highest BCUT2D eigenvalue weighted by molar-refractivity contribution is 5.33. The molecule has 1 atom stereocenters. The topological polar surface area (TPSA) is 106 Å². The van der Waals surface area contributed by atoms with Crippen molar-refractivity contribution in [2.24, 2.45) is 5.92 Å². The van der Waals surface area contributed by atoms with Crippen LogP contribution in [0.15, 0.2) is 0 Å². The lowest BCUT2D eigenvalue weighted by Gasteiger charge is -2.19. The van der Waals surface area contributed by atoms with Crippen LogP contribution in [0.3, 0.4) is 0 Å². The summed E-state index contributed by atoms with van der Waals surface area (Å²) in [5.41, 5.74) is 5.54. The summed E-state index contributed by atoms with van der Waals surface area (Å²) in [5.74, 6) is 0.647. The fraction of sp³-hybridized carbons (Fsp3) is 0.700. The number of aromatic nitrogens is 3. The smallest absolute Gasteiger partial charge is 0.323 e. The summed E-state index contributed by atoms with van der Waals surface area (Å²) in [6.07, 6.45) is 0. The molecule has 17 heavy (non-hydrogen) atoms. The molecular weight excluding hydrogens is 222 g/mol. The molecule has 0 saturated carbocycles. The minimum atomic E-state index is -0.133. The van der Waals surface area contributed by atoms with Gasteiger partial charge in [0.15, 0.2) is 0 Å². The number of rotatable bonds is 6. The first kappa shape index (κ1) is 13.4. The van der Waals surface area contributed by atoms with Crippen LogP contribution in [-0.4, -0.2) is 39.3 Å². The molecule has 1 aromatic rings. The van der Waals surface area contributed by atoms with E-state index in [2.05, 4.69) is 20.3 Å². The van der Waals surface area contributed by atoms with E-state index in [0.717, 1.165) is 0 Å². The zero-order chi connectivity index (χ0) is 12.8. The number of nitrogen functional groups attached to an aromatic ring is 1. The number of nitrogens with one attached hydrogen (secondary N) is 1. The van der Waals surface area contributed by atoms with Crippen molar-refractivity contribution >= 4 is 11.9 Å². The molecule has 0 aliphatic heterocycles. The molecule has 4 N–H and O–H groups in total. The van der Waals surface area contributed by atoms with Gasteiger partial charge in [-0.05, 0) is 12.8 Å². The molecule has 0 aromatic carbocycles. The van der Waals surface area contributed by atoms with E-state index in [9.17, 15) is 5.11 Å². The van der Waals surface area contributed by atoms with Crippen LogP contribution in [0.2, 0.25) is 0 Å². The Balaban J connectivity index is 2.82. The molecule has 0 amide bonds. The Hall–Kier alpha value is -1.63. The van der Waals surface area contributed by atoms with Crippen LogP contribution in [0.5, 0.6) is 6.01 Å². The number of hydrogen-bond donors (Lipinski definition) is 3. The fourth-order valence-electron chi connectivity index (χ4n) is 1.22. The van der Waals surface area contributed by atoms with E-state index in [1.807, 2.05) is 20.8 Å². The van der Waals surface area contributed by atoms with Gasteiger partial charge in [-0.15, -0.1) is 0 Å². The van der Waals surface area contributed by atoms with Gasteiger partial charge in [-0.2, -0.15) is 15.0 Å². The van der Waals surface area contributed by atoms with Gasteiger partial charge in [-0.1, -0.05) is 13.8 Å². The Labute approximate surface area is 100 Å². The van der Waals surface area contributed by atoms with E-state index in [0.29, 0.717) is 12.6 Å². The van der Waals surface area contributed by atoms with Crippen LogP contribution in [0.25, 0.3) is 0 Å². The summed E-state index contributed by atoms with van der Waals surface area (Å²) in [7, 11) is 0. The zero-order valence-corrected chi connectivity index (χ0v) is 10.3. The molecule has 0 saturated heterocycles. The van der Waals surface area contributed by atoms with Crippen molar-refractivity contribution < 1.29 is 9.84 Å². The highest BCUT2D eigenvalue weighted by atomic mass is 16.5. The van der Waals surface area contributed by atoms with Crippen LogP contribution in [0.1, 0.15) is 20.8 Å². The average Bonchev–Trinajstić information content (AvgIpc) is 2.25. The van der Waals surface area contributed by atoms with Crippen LogP contribution >= 0.6 is 0 Å². The summed E-state index contributed by atoms with van der Waals surface area (Å²) in [6.45, 7) is 6.26. The van der Waals surface area contributed by atoms with Crippen molar-refractivity contribution in [2.75, 3.05) is 24.3 Å². The lowest BCUT2D eigenvalue weighted by Crippen LogP contribution is -2.30. The maximum Gasteiger partial charge on any atom is 0.323 e. The second-order valence-corrected chi connectivity index (χ2v) is 3.91. The van der Waals surface area contributed by atoms with E-state index in [1.165, 1.54) is 0 Å². The first-order chi connectivity index (χ1) is 8.06. The van der Waals surface area contributed by atoms with E-state index >= 15 is 0 Å². The first-order valence-corrected chi connectivity index (χ1v) is 5.58. The highest BCUT2D eigenvalue weighted by Crippen LogP contribution is 2.12. The molecule has 0 unspecified atom stereocenters. The molecule has 1 rings (SSSR count). The van der Waals surface area contributed by atoms with Crippen LogP contribution in [0.4, 0.5) is 11.9 Å². The van der Waals surface area contributed by atoms with Gasteiger partial charge in [0.05, 0.1) is 19.3 Å². The summed E-state index contributed by atoms with van der Waals surface area (Å²) in [6, 6.07) is 0.0502. The lowest BCUT2D eigenvalue weighted by molar-refractivity contribution is 0.248. The van der Waals surface area contributed by atoms with Crippen molar-refractivity contribution in [3.63, 3.8) is 0 Å². The van der Waals surface area contributed by atoms with Crippen LogP contribution in [-0.2, 0) is 0 Å². The molecule has 1 heterocycles. The third-order valence-electron chi connectivity index (χ3n) is 2.22.